The lowest BCUT2D eigenvalue weighted by atomic mass is 10.2. The molecule has 0 spiro atoms. The zero-order chi connectivity index (χ0) is 55.4. The number of halogens is 4. The predicted molar refractivity (Wildman–Crippen MR) is 319 cm³/mol. The van der Waals surface area contributed by atoms with Gasteiger partial charge < -0.3 is 18.9 Å². The fraction of sp³-hybridized carbons (Fsp3) is 0.212. The van der Waals surface area contributed by atoms with E-state index in [0.29, 0.717) is 27.2 Å². The largest absolute Gasteiger partial charge is 0.494 e. The lowest BCUT2D eigenvalue weighted by Crippen LogP contribution is -1.96. The van der Waals surface area contributed by atoms with Gasteiger partial charge in [-0.3, -0.25) is 0 Å². The van der Waals surface area contributed by atoms with Gasteiger partial charge >= 0.3 is 0 Å². The van der Waals surface area contributed by atoms with Gasteiger partial charge in [0.1, 0.15) is 43.6 Å². The maximum Gasteiger partial charge on any atom is 0.129 e. The Morgan fingerprint density at radius 2 is 0.538 bits per heavy atom. The fourth-order valence-corrected chi connectivity index (χ4v) is 6.62. The van der Waals surface area contributed by atoms with Gasteiger partial charge in [-0.15, -0.1) is 0 Å². The Labute approximate surface area is 480 Å². The van der Waals surface area contributed by atoms with E-state index in [1.54, 1.807) is 49.1 Å². The molecule has 8 rings (SSSR count). The van der Waals surface area contributed by atoms with Crippen LogP contribution in [-0.4, -0.2) is 46.4 Å². The molecule has 4 aromatic heterocycles. The van der Waals surface area contributed by atoms with Crippen LogP contribution in [0.4, 0.5) is 0 Å². The van der Waals surface area contributed by atoms with Crippen LogP contribution in [-0.2, 0) is 0 Å². The van der Waals surface area contributed by atoms with Gasteiger partial charge in [0.15, 0.2) is 0 Å². The molecule has 4 aromatic carbocycles. The minimum atomic E-state index is 0.474. The molecule has 8 aromatic rings. The third-order valence-corrected chi connectivity index (χ3v) is 11.2. The predicted octanol–water partition coefficient (Wildman–Crippen LogP) is 16.5. The van der Waals surface area contributed by atoms with Gasteiger partial charge in [0.05, 0.1) is 26.4 Å². The highest BCUT2D eigenvalue weighted by Gasteiger charge is 1.98. The number of aromatic nitrogens is 4. The first-order valence-electron chi connectivity index (χ1n) is 25.6. The average Bonchev–Trinajstić information content (AvgIpc) is 3.47. The normalized spacial score (nSPS) is 9.64. The van der Waals surface area contributed by atoms with Crippen molar-refractivity contribution in [3.05, 3.63) is 236 Å². The Kier molecular flexibility index (Phi) is 28.3. The molecule has 0 N–H and O–H groups in total. The number of ether oxygens (including phenoxy) is 4. The number of benzene rings is 4. The van der Waals surface area contributed by atoms with Gasteiger partial charge in [0.2, 0.25) is 0 Å². The number of unbranched alkanes of at least 4 members (excludes halogenated alkanes) is 3. The number of pyridine rings is 4. The van der Waals surface area contributed by atoms with Crippen LogP contribution in [0, 0.1) is 47.4 Å². The van der Waals surface area contributed by atoms with E-state index < -0.39 is 0 Å². The second kappa shape index (κ2) is 36.2. The molecule has 0 saturated carbocycles. The highest BCUT2D eigenvalue weighted by molar-refractivity contribution is 6.30. The van der Waals surface area contributed by atoms with Crippen molar-refractivity contribution in [2.24, 2.45) is 0 Å². The van der Waals surface area contributed by atoms with Crippen molar-refractivity contribution < 1.29 is 18.9 Å². The molecule has 396 valence electrons. The van der Waals surface area contributed by atoms with E-state index in [4.69, 9.17) is 65.4 Å². The Morgan fingerprint density at radius 1 is 0.282 bits per heavy atom. The van der Waals surface area contributed by atoms with Crippen LogP contribution in [0.25, 0.3) is 0 Å². The van der Waals surface area contributed by atoms with Crippen LogP contribution in [0.1, 0.15) is 111 Å². The molecule has 0 radical (unpaired) electrons. The number of rotatable bonds is 14. The molecule has 4 heterocycles. The van der Waals surface area contributed by atoms with Gasteiger partial charge in [-0.1, -0.05) is 134 Å². The molecular weight excluding hydrogens is 1050 g/mol. The Morgan fingerprint density at radius 3 is 0.795 bits per heavy atom. The monoisotopic (exact) mass is 1110 g/mol. The summed E-state index contributed by atoms with van der Waals surface area (Å²) in [7, 11) is 0. The molecule has 0 saturated heterocycles. The first-order chi connectivity index (χ1) is 38.1. The van der Waals surface area contributed by atoms with Crippen LogP contribution in [0.5, 0.6) is 23.0 Å². The Bertz CT molecular complexity index is 3240. The molecule has 0 amide bonds. The van der Waals surface area contributed by atoms with E-state index in [1.165, 1.54) is 12.8 Å². The third kappa shape index (κ3) is 25.3. The molecule has 8 nitrogen and oxygen atoms in total. The summed E-state index contributed by atoms with van der Waals surface area (Å²) >= 11 is 22.9. The number of hydrogen-bond acceptors (Lipinski definition) is 8. The molecule has 0 fully saturated rings. The summed E-state index contributed by atoms with van der Waals surface area (Å²) < 4.78 is 22.1. The standard InChI is InChI=1S/C18H18ClNO.C17H16ClNO.C16H14ClNO.C15H12ClNO/c1-2-3-4-13-21-17-10-7-15(8-11-17)5-6-16-9-12-18(19)20-14-16;1-2-3-12-20-16-9-6-14(7-10-16)4-5-15-8-11-17(18)19-13-15;1-2-11-19-15-8-5-13(6-9-15)3-4-14-7-10-16(17)18-12-14;1-2-18-14-8-5-12(6-9-14)3-4-13-7-10-15(16)17-11-13/h7-12,14H,2-4,13H2,1H3;6-11,13H,2-3,12H2,1H3;5-10,12H,2,11H2,1H3;5-11H,2H2,1H3. The van der Waals surface area contributed by atoms with Crippen molar-refractivity contribution in [3.8, 4) is 70.4 Å². The quantitative estimate of drug-likeness (QED) is 0.0604. The van der Waals surface area contributed by atoms with E-state index >= 15 is 0 Å². The second-order valence-electron chi connectivity index (χ2n) is 16.6. The van der Waals surface area contributed by atoms with Crippen LogP contribution >= 0.6 is 46.4 Å². The highest BCUT2D eigenvalue weighted by atomic mass is 35.5. The summed E-state index contributed by atoms with van der Waals surface area (Å²) in [4.78, 5) is 15.9. The van der Waals surface area contributed by atoms with Crippen molar-refractivity contribution in [1.82, 2.24) is 19.9 Å². The minimum Gasteiger partial charge on any atom is -0.494 e. The summed E-state index contributed by atoms with van der Waals surface area (Å²) in [5.74, 6) is 28.0. The smallest absolute Gasteiger partial charge is 0.129 e. The van der Waals surface area contributed by atoms with Gasteiger partial charge in [-0.2, -0.15) is 0 Å². The summed E-state index contributed by atoms with van der Waals surface area (Å²) in [6.45, 7) is 11.3. The van der Waals surface area contributed by atoms with Gasteiger partial charge in [-0.25, -0.2) is 19.9 Å². The molecule has 0 bridgehead atoms. The van der Waals surface area contributed by atoms with Crippen LogP contribution in [0.2, 0.25) is 20.6 Å². The van der Waals surface area contributed by atoms with Gasteiger partial charge in [-0.05, 0) is 172 Å². The molecular formula is C66H60Cl4N4O4. The molecule has 0 aliphatic carbocycles. The molecule has 78 heavy (non-hydrogen) atoms. The van der Waals surface area contributed by atoms with Crippen LogP contribution in [0.3, 0.4) is 0 Å². The summed E-state index contributed by atoms with van der Waals surface area (Å²) in [6.07, 6.45) is 13.4. The Balaban J connectivity index is 0.000000192. The lowest BCUT2D eigenvalue weighted by molar-refractivity contribution is 0.306. The van der Waals surface area contributed by atoms with E-state index in [2.05, 4.69) is 88.1 Å². The first-order valence-corrected chi connectivity index (χ1v) is 27.1. The van der Waals surface area contributed by atoms with Crippen molar-refractivity contribution in [3.63, 3.8) is 0 Å². The van der Waals surface area contributed by atoms with E-state index in [9.17, 15) is 0 Å². The highest BCUT2D eigenvalue weighted by Crippen LogP contribution is 2.16. The third-order valence-electron chi connectivity index (χ3n) is 10.3. The van der Waals surface area contributed by atoms with Gasteiger partial charge in [0.25, 0.3) is 0 Å². The van der Waals surface area contributed by atoms with Crippen molar-refractivity contribution in [1.29, 1.82) is 0 Å². The molecule has 0 aliphatic heterocycles. The zero-order valence-corrected chi connectivity index (χ0v) is 47.2. The maximum absolute atomic E-state index is 5.73. The van der Waals surface area contributed by atoms with Crippen molar-refractivity contribution >= 4 is 46.4 Å². The zero-order valence-electron chi connectivity index (χ0n) is 44.2. The Hall–Kier alpha value is -7.92. The number of hydrogen-bond donors (Lipinski definition) is 0. The number of nitrogens with zero attached hydrogens (tertiary/aromatic N) is 4. The maximum atomic E-state index is 5.73. The van der Waals surface area contributed by atoms with E-state index in [-0.39, 0.29) is 0 Å². The summed E-state index contributed by atoms with van der Waals surface area (Å²) in [5, 5.41) is 1.90. The van der Waals surface area contributed by atoms with Crippen LogP contribution < -0.4 is 18.9 Å². The minimum absolute atomic E-state index is 0.474. The summed E-state index contributed by atoms with van der Waals surface area (Å²) in [6, 6.07) is 45.4. The molecule has 0 atom stereocenters. The topological polar surface area (TPSA) is 88.5 Å². The first kappa shape index (κ1) is 60.9. The van der Waals surface area contributed by atoms with Crippen molar-refractivity contribution in [2.75, 3.05) is 26.4 Å². The lowest BCUT2D eigenvalue weighted by Gasteiger charge is -2.05. The molecule has 12 heteroatoms. The van der Waals surface area contributed by atoms with Crippen molar-refractivity contribution in [2.45, 2.75) is 66.2 Å². The van der Waals surface area contributed by atoms with Crippen LogP contribution in [0.15, 0.2) is 170 Å². The SMILES string of the molecule is CCCCCOc1ccc(C#Cc2ccc(Cl)nc2)cc1.CCCCOc1ccc(C#Cc2ccc(Cl)nc2)cc1.CCCOc1ccc(C#Cc2ccc(Cl)nc2)cc1.CCOc1ccc(C#Cc2ccc(Cl)nc2)cc1. The molecule has 0 aliphatic rings. The van der Waals surface area contributed by atoms with E-state index in [0.717, 1.165) is 113 Å². The van der Waals surface area contributed by atoms with Gasteiger partial charge in [0, 0.05) is 69.3 Å². The van der Waals surface area contributed by atoms with E-state index in [1.807, 2.05) is 128 Å². The molecule has 0 unspecified atom stereocenters. The summed E-state index contributed by atoms with van der Waals surface area (Å²) in [5.41, 5.74) is 7.15. The average molecular weight is 1120 g/mol. The fourth-order valence-electron chi connectivity index (χ4n) is 6.18. The second-order valence-corrected chi connectivity index (χ2v) is 18.2.